The number of anilines is 1. The molecule has 1 atom stereocenters. The second-order valence-electron chi connectivity index (χ2n) is 7.26. The first kappa shape index (κ1) is 26.7. The first-order valence-corrected chi connectivity index (χ1v) is 12.3. The number of rotatable bonds is 8. The molecule has 12 heteroatoms. The van der Waals surface area contributed by atoms with Crippen molar-refractivity contribution in [1.29, 1.82) is 0 Å². The minimum Gasteiger partial charge on any atom is -0.357 e. The molecule has 0 aromatic heterocycles. The van der Waals surface area contributed by atoms with E-state index in [0.29, 0.717) is 15.9 Å². The fraction of sp³-hybridized carbons (Fsp3) is 0.333. The van der Waals surface area contributed by atoms with Crippen LogP contribution in [0.4, 0.5) is 18.9 Å². The average Bonchev–Trinajstić information content (AvgIpc) is 2.74. The number of likely N-dealkylation sites (N-methyl/N-ethyl adjacent to an activating group) is 1. The van der Waals surface area contributed by atoms with Crippen molar-refractivity contribution in [2.75, 3.05) is 24.2 Å². The SMILES string of the molecule is CNC(=O)[C@H](C)N(Cc1ccc(Br)cc1)C(=O)CN(c1cccc(C(F)(F)F)c1)S(C)(=O)=O. The number of amides is 2. The highest BCUT2D eigenvalue weighted by atomic mass is 79.9. The molecule has 0 aliphatic heterocycles. The van der Waals surface area contributed by atoms with Crippen molar-refractivity contribution >= 4 is 43.5 Å². The van der Waals surface area contributed by atoms with Crippen molar-refractivity contribution in [2.24, 2.45) is 0 Å². The highest BCUT2D eigenvalue weighted by Crippen LogP contribution is 2.32. The van der Waals surface area contributed by atoms with Crippen molar-refractivity contribution in [3.8, 4) is 0 Å². The molecule has 2 aromatic rings. The maximum absolute atomic E-state index is 13.2. The summed E-state index contributed by atoms with van der Waals surface area (Å²) in [4.78, 5) is 26.6. The predicted molar refractivity (Wildman–Crippen MR) is 122 cm³/mol. The first-order valence-electron chi connectivity index (χ1n) is 9.64. The third-order valence-electron chi connectivity index (χ3n) is 4.82. The molecule has 0 aliphatic carbocycles. The summed E-state index contributed by atoms with van der Waals surface area (Å²) in [5, 5.41) is 2.44. The van der Waals surface area contributed by atoms with Crippen LogP contribution in [0, 0.1) is 0 Å². The standard InChI is InChI=1S/C21H23BrF3N3O4S/c1-14(20(30)26-2)27(12-15-7-9-17(22)10-8-15)19(29)13-28(33(3,31)32)18-6-4-5-16(11-18)21(23,24)25/h4-11,14H,12-13H2,1-3H3,(H,26,30)/t14-/m0/s1. The van der Waals surface area contributed by atoms with Crippen molar-refractivity contribution < 1.29 is 31.2 Å². The Morgan fingerprint density at radius 3 is 2.24 bits per heavy atom. The Labute approximate surface area is 198 Å². The number of carbonyl (C=O) groups is 2. The first-order chi connectivity index (χ1) is 15.2. The van der Waals surface area contributed by atoms with E-state index in [-0.39, 0.29) is 12.2 Å². The number of hydrogen-bond donors (Lipinski definition) is 1. The van der Waals surface area contributed by atoms with Crippen LogP contribution in [0.5, 0.6) is 0 Å². The fourth-order valence-electron chi connectivity index (χ4n) is 3.03. The van der Waals surface area contributed by atoms with Gasteiger partial charge in [0.1, 0.15) is 12.6 Å². The number of halogens is 4. The van der Waals surface area contributed by atoms with Crippen LogP contribution in [0.25, 0.3) is 0 Å². The van der Waals surface area contributed by atoms with Gasteiger partial charge in [-0.3, -0.25) is 13.9 Å². The van der Waals surface area contributed by atoms with Crippen LogP contribution in [0.3, 0.4) is 0 Å². The quantitative estimate of drug-likeness (QED) is 0.546. The van der Waals surface area contributed by atoms with Crippen molar-refractivity contribution in [1.82, 2.24) is 10.2 Å². The highest BCUT2D eigenvalue weighted by Gasteiger charge is 2.33. The number of hydrogen-bond acceptors (Lipinski definition) is 4. The van der Waals surface area contributed by atoms with Gasteiger partial charge in [-0.15, -0.1) is 0 Å². The van der Waals surface area contributed by atoms with Crippen molar-refractivity contribution in [3.05, 3.63) is 64.1 Å². The van der Waals surface area contributed by atoms with Crippen LogP contribution in [0.1, 0.15) is 18.1 Å². The zero-order chi connectivity index (χ0) is 25.0. The third-order valence-corrected chi connectivity index (χ3v) is 6.49. The van der Waals surface area contributed by atoms with E-state index in [1.165, 1.54) is 24.9 Å². The van der Waals surface area contributed by atoms with Crippen molar-refractivity contribution in [2.45, 2.75) is 25.7 Å². The van der Waals surface area contributed by atoms with Gasteiger partial charge in [-0.2, -0.15) is 13.2 Å². The monoisotopic (exact) mass is 549 g/mol. The number of benzene rings is 2. The smallest absolute Gasteiger partial charge is 0.357 e. The molecule has 0 unspecified atom stereocenters. The van der Waals surface area contributed by atoms with Gasteiger partial charge in [-0.05, 0) is 42.8 Å². The molecule has 0 fully saturated rings. The maximum atomic E-state index is 13.2. The van der Waals surface area contributed by atoms with Gasteiger partial charge in [-0.1, -0.05) is 34.1 Å². The van der Waals surface area contributed by atoms with Gasteiger partial charge in [-0.25, -0.2) is 8.42 Å². The molecule has 0 radical (unpaired) electrons. The number of alkyl halides is 3. The second-order valence-corrected chi connectivity index (χ2v) is 10.1. The topological polar surface area (TPSA) is 86.8 Å². The van der Waals surface area contributed by atoms with Gasteiger partial charge in [0.2, 0.25) is 21.8 Å². The van der Waals surface area contributed by atoms with Gasteiger partial charge in [0.05, 0.1) is 17.5 Å². The second kappa shape index (κ2) is 10.6. The molecule has 1 N–H and O–H groups in total. The Kier molecular flexibility index (Phi) is 8.52. The van der Waals surface area contributed by atoms with Crippen LogP contribution < -0.4 is 9.62 Å². The van der Waals surface area contributed by atoms with Gasteiger partial charge < -0.3 is 10.2 Å². The lowest BCUT2D eigenvalue weighted by Crippen LogP contribution is -2.50. The van der Waals surface area contributed by atoms with Crippen LogP contribution in [0.15, 0.2) is 53.0 Å². The minimum atomic E-state index is -4.69. The van der Waals surface area contributed by atoms with Crippen LogP contribution in [-0.4, -0.2) is 51.0 Å². The Balaban J connectivity index is 2.42. The van der Waals surface area contributed by atoms with E-state index in [0.717, 1.165) is 22.9 Å². The van der Waals surface area contributed by atoms with E-state index >= 15 is 0 Å². The normalized spacial score (nSPS) is 12.7. The van der Waals surface area contributed by atoms with Crippen LogP contribution in [0.2, 0.25) is 0 Å². The minimum absolute atomic E-state index is 0.0130. The summed E-state index contributed by atoms with van der Waals surface area (Å²) >= 11 is 3.31. The Morgan fingerprint density at radius 2 is 1.73 bits per heavy atom. The summed E-state index contributed by atoms with van der Waals surface area (Å²) in [6.45, 7) is 0.684. The molecule has 7 nitrogen and oxygen atoms in total. The molecular formula is C21H23BrF3N3O4S. The molecule has 33 heavy (non-hydrogen) atoms. The Bertz CT molecular complexity index is 1110. The molecule has 180 valence electrons. The highest BCUT2D eigenvalue weighted by molar-refractivity contribution is 9.10. The van der Waals surface area contributed by atoms with E-state index in [2.05, 4.69) is 21.2 Å². The molecule has 2 aromatic carbocycles. The van der Waals surface area contributed by atoms with Gasteiger partial charge in [0.15, 0.2) is 0 Å². The molecule has 0 heterocycles. The molecule has 0 saturated carbocycles. The van der Waals surface area contributed by atoms with E-state index in [1.807, 2.05) is 0 Å². The third kappa shape index (κ3) is 7.19. The summed E-state index contributed by atoms with van der Waals surface area (Å²) in [7, 11) is -2.73. The van der Waals surface area contributed by atoms with Gasteiger partial charge in [0, 0.05) is 18.1 Å². The summed E-state index contributed by atoms with van der Waals surface area (Å²) < 4.78 is 65.6. The van der Waals surface area contributed by atoms with E-state index in [1.54, 1.807) is 24.3 Å². The lowest BCUT2D eigenvalue weighted by molar-refractivity contribution is -0.139. The number of carbonyl (C=O) groups excluding carboxylic acids is 2. The summed E-state index contributed by atoms with van der Waals surface area (Å²) in [5.41, 5.74) is -0.685. The zero-order valence-electron chi connectivity index (χ0n) is 18.1. The van der Waals surface area contributed by atoms with Gasteiger partial charge >= 0.3 is 6.18 Å². The van der Waals surface area contributed by atoms with Crippen LogP contribution in [-0.2, 0) is 32.3 Å². The van der Waals surface area contributed by atoms with E-state index in [9.17, 15) is 31.2 Å². The zero-order valence-corrected chi connectivity index (χ0v) is 20.5. The van der Waals surface area contributed by atoms with E-state index < -0.39 is 46.2 Å². The molecule has 0 aliphatic rings. The average molecular weight is 550 g/mol. The largest absolute Gasteiger partial charge is 0.416 e. The maximum Gasteiger partial charge on any atom is 0.416 e. The molecular weight excluding hydrogens is 527 g/mol. The van der Waals surface area contributed by atoms with Gasteiger partial charge in [0.25, 0.3) is 0 Å². The number of nitrogens with one attached hydrogen (secondary N) is 1. The fourth-order valence-corrected chi connectivity index (χ4v) is 4.13. The summed E-state index contributed by atoms with van der Waals surface area (Å²) in [5.74, 6) is -1.23. The lowest BCUT2D eigenvalue weighted by atomic mass is 10.1. The van der Waals surface area contributed by atoms with E-state index in [4.69, 9.17) is 0 Å². The summed E-state index contributed by atoms with van der Waals surface area (Å²) in [6.07, 6.45) is -3.90. The molecule has 0 bridgehead atoms. The number of nitrogens with zero attached hydrogens (tertiary/aromatic N) is 2. The lowest BCUT2D eigenvalue weighted by Gasteiger charge is -2.31. The molecule has 0 spiro atoms. The molecule has 2 amide bonds. The summed E-state index contributed by atoms with van der Waals surface area (Å²) in [6, 6.07) is 9.67. The Hall–Kier alpha value is -2.60. The van der Waals surface area contributed by atoms with Crippen LogP contribution >= 0.6 is 15.9 Å². The molecule has 0 saturated heterocycles. The van der Waals surface area contributed by atoms with Crippen molar-refractivity contribution in [3.63, 3.8) is 0 Å². The Morgan fingerprint density at radius 1 is 1.12 bits per heavy atom. The predicted octanol–water partition coefficient (Wildman–Crippen LogP) is 3.40. The number of sulfonamides is 1. The molecule has 2 rings (SSSR count).